The van der Waals surface area contributed by atoms with E-state index in [1.807, 2.05) is 48.5 Å². The van der Waals surface area contributed by atoms with E-state index in [1.54, 1.807) is 6.07 Å². The van der Waals surface area contributed by atoms with E-state index in [2.05, 4.69) is 22.5 Å². The second-order valence-electron chi connectivity index (χ2n) is 6.02. The predicted molar refractivity (Wildman–Crippen MR) is 102 cm³/mol. The molecule has 0 radical (unpaired) electrons. The lowest BCUT2D eigenvalue weighted by Gasteiger charge is -2.08. The molecule has 132 valence electrons. The van der Waals surface area contributed by atoms with Gasteiger partial charge < -0.3 is 5.32 Å². The van der Waals surface area contributed by atoms with Crippen LogP contribution in [0.3, 0.4) is 0 Å². The molecule has 0 atom stereocenters. The average Bonchev–Trinajstić information content (AvgIpc) is 2.68. The number of carbonyl (C=O) groups excluding carboxylic acids is 1. The van der Waals surface area contributed by atoms with Gasteiger partial charge in [-0.15, -0.1) is 0 Å². The minimum absolute atomic E-state index is 0.0785. The minimum atomic E-state index is -0.288. The highest BCUT2D eigenvalue weighted by Crippen LogP contribution is 2.13. The van der Waals surface area contributed by atoms with Crippen molar-refractivity contribution in [3.05, 3.63) is 88.7 Å². The van der Waals surface area contributed by atoms with Crippen molar-refractivity contribution in [1.29, 1.82) is 0 Å². The SMILES string of the molecule is O=C(Cn1nc(-c2ccccc2)ccc1=O)NCCCc1ccccc1. The normalized spacial score (nSPS) is 10.5. The highest BCUT2D eigenvalue weighted by molar-refractivity contribution is 5.75. The number of rotatable bonds is 7. The summed E-state index contributed by atoms with van der Waals surface area (Å²) in [6.45, 7) is 0.492. The molecule has 2 aromatic carbocycles. The molecule has 0 saturated heterocycles. The van der Waals surface area contributed by atoms with Crippen LogP contribution in [0.15, 0.2) is 77.6 Å². The molecule has 5 heteroatoms. The monoisotopic (exact) mass is 347 g/mol. The largest absolute Gasteiger partial charge is 0.354 e. The maximum absolute atomic E-state index is 12.1. The summed E-state index contributed by atoms with van der Waals surface area (Å²) in [7, 11) is 0. The van der Waals surface area contributed by atoms with Gasteiger partial charge in [0.1, 0.15) is 6.54 Å². The third-order valence-electron chi connectivity index (χ3n) is 4.04. The fraction of sp³-hybridized carbons (Fsp3) is 0.190. The molecule has 3 aromatic rings. The molecule has 0 bridgehead atoms. The molecule has 5 nitrogen and oxygen atoms in total. The third kappa shape index (κ3) is 4.89. The Morgan fingerprint density at radius 1 is 0.923 bits per heavy atom. The van der Waals surface area contributed by atoms with Crippen LogP contribution in [0.5, 0.6) is 0 Å². The van der Waals surface area contributed by atoms with Crippen LogP contribution in [0.1, 0.15) is 12.0 Å². The van der Waals surface area contributed by atoms with Crippen LogP contribution in [-0.4, -0.2) is 22.2 Å². The fourth-order valence-corrected chi connectivity index (χ4v) is 2.68. The summed E-state index contributed by atoms with van der Waals surface area (Å²) in [5, 5.41) is 7.15. The van der Waals surface area contributed by atoms with Gasteiger partial charge in [-0.25, -0.2) is 4.68 Å². The Morgan fingerprint density at radius 3 is 2.35 bits per heavy atom. The summed E-state index contributed by atoms with van der Waals surface area (Å²) in [4.78, 5) is 24.1. The standard InChI is InChI=1S/C21H21N3O2/c25-20(22-15-7-10-17-8-3-1-4-9-17)16-24-21(26)14-13-19(23-24)18-11-5-2-6-12-18/h1-6,8-9,11-14H,7,10,15-16H2,(H,22,25). The molecular weight excluding hydrogens is 326 g/mol. The van der Waals surface area contributed by atoms with Crippen LogP contribution in [0.4, 0.5) is 0 Å². The maximum atomic E-state index is 12.1. The zero-order valence-electron chi connectivity index (χ0n) is 14.5. The number of hydrogen-bond acceptors (Lipinski definition) is 3. The first kappa shape index (κ1) is 17.6. The van der Waals surface area contributed by atoms with Gasteiger partial charge in [-0.3, -0.25) is 9.59 Å². The third-order valence-corrected chi connectivity index (χ3v) is 4.04. The van der Waals surface area contributed by atoms with Gasteiger partial charge >= 0.3 is 0 Å². The van der Waals surface area contributed by atoms with E-state index in [0.29, 0.717) is 12.2 Å². The number of hydrogen-bond donors (Lipinski definition) is 1. The molecule has 0 unspecified atom stereocenters. The average molecular weight is 347 g/mol. The van der Waals surface area contributed by atoms with Gasteiger partial charge in [-0.05, 0) is 24.5 Å². The molecule has 1 aromatic heterocycles. The van der Waals surface area contributed by atoms with E-state index < -0.39 is 0 Å². The van der Waals surface area contributed by atoms with Gasteiger partial charge in [0.2, 0.25) is 5.91 Å². The Balaban J connectivity index is 1.54. The van der Waals surface area contributed by atoms with Crippen LogP contribution >= 0.6 is 0 Å². The molecule has 0 aliphatic heterocycles. The Labute approximate surface area is 152 Å². The quantitative estimate of drug-likeness (QED) is 0.668. The maximum Gasteiger partial charge on any atom is 0.267 e. The number of nitrogens with zero attached hydrogens (tertiary/aromatic N) is 2. The summed E-state index contributed by atoms with van der Waals surface area (Å²) in [6, 6.07) is 22.8. The molecule has 0 aliphatic rings. The van der Waals surface area contributed by atoms with Crippen molar-refractivity contribution in [1.82, 2.24) is 15.1 Å². The number of aryl methyl sites for hydroxylation is 1. The highest BCUT2D eigenvalue weighted by Gasteiger charge is 2.07. The zero-order valence-corrected chi connectivity index (χ0v) is 14.5. The Morgan fingerprint density at radius 2 is 1.62 bits per heavy atom. The van der Waals surface area contributed by atoms with E-state index in [-0.39, 0.29) is 18.0 Å². The lowest BCUT2D eigenvalue weighted by molar-refractivity contribution is -0.121. The van der Waals surface area contributed by atoms with E-state index in [9.17, 15) is 9.59 Å². The summed E-state index contributed by atoms with van der Waals surface area (Å²) < 4.78 is 1.20. The molecule has 1 heterocycles. The first-order valence-electron chi connectivity index (χ1n) is 8.66. The van der Waals surface area contributed by atoms with Crippen LogP contribution < -0.4 is 10.9 Å². The van der Waals surface area contributed by atoms with Crippen LogP contribution in [-0.2, 0) is 17.8 Å². The molecule has 3 rings (SSSR count). The van der Waals surface area contributed by atoms with Gasteiger partial charge in [0.25, 0.3) is 5.56 Å². The molecule has 1 N–H and O–H groups in total. The first-order chi connectivity index (χ1) is 12.7. The van der Waals surface area contributed by atoms with E-state index in [4.69, 9.17) is 0 Å². The van der Waals surface area contributed by atoms with Crippen LogP contribution in [0.2, 0.25) is 0 Å². The second-order valence-corrected chi connectivity index (χ2v) is 6.02. The van der Waals surface area contributed by atoms with E-state index >= 15 is 0 Å². The summed E-state index contributed by atoms with van der Waals surface area (Å²) in [5.41, 5.74) is 2.53. The Bertz CT molecular complexity index is 905. The van der Waals surface area contributed by atoms with Gasteiger partial charge in [0.15, 0.2) is 0 Å². The smallest absolute Gasteiger partial charge is 0.267 e. The zero-order chi connectivity index (χ0) is 18.2. The lowest BCUT2D eigenvalue weighted by Crippen LogP contribution is -2.34. The molecule has 0 saturated carbocycles. The van der Waals surface area contributed by atoms with Crippen molar-refractivity contribution < 1.29 is 4.79 Å². The molecule has 26 heavy (non-hydrogen) atoms. The van der Waals surface area contributed by atoms with Crippen molar-refractivity contribution in [2.24, 2.45) is 0 Å². The second kappa shape index (κ2) is 8.76. The topological polar surface area (TPSA) is 64.0 Å². The van der Waals surface area contributed by atoms with Gasteiger partial charge in [-0.2, -0.15) is 5.10 Å². The number of nitrogens with one attached hydrogen (secondary N) is 1. The summed E-state index contributed by atoms with van der Waals surface area (Å²) >= 11 is 0. The Kier molecular flexibility index (Phi) is 5.93. The summed E-state index contributed by atoms with van der Waals surface area (Å²) in [5.74, 6) is -0.210. The molecule has 0 fully saturated rings. The lowest BCUT2D eigenvalue weighted by atomic mass is 10.1. The van der Waals surface area contributed by atoms with Crippen molar-refractivity contribution in [3.8, 4) is 11.3 Å². The number of aromatic nitrogens is 2. The van der Waals surface area contributed by atoms with Gasteiger partial charge in [0.05, 0.1) is 5.69 Å². The number of amides is 1. The summed E-state index contributed by atoms with van der Waals surface area (Å²) in [6.07, 6.45) is 1.75. The first-order valence-corrected chi connectivity index (χ1v) is 8.66. The predicted octanol–water partition coefficient (Wildman–Crippen LogP) is 2.66. The van der Waals surface area contributed by atoms with Gasteiger partial charge in [-0.1, -0.05) is 60.7 Å². The van der Waals surface area contributed by atoms with Gasteiger partial charge in [0, 0.05) is 18.2 Å². The minimum Gasteiger partial charge on any atom is -0.354 e. The molecule has 0 spiro atoms. The highest BCUT2D eigenvalue weighted by atomic mass is 16.2. The van der Waals surface area contributed by atoms with Crippen molar-refractivity contribution in [2.45, 2.75) is 19.4 Å². The molecule has 0 aliphatic carbocycles. The van der Waals surface area contributed by atoms with Crippen LogP contribution in [0, 0.1) is 0 Å². The van der Waals surface area contributed by atoms with E-state index in [0.717, 1.165) is 18.4 Å². The van der Waals surface area contributed by atoms with Crippen molar-refractivity contribution >= 4 is 5.91 Å². The molecule has 1 amide bonds. The van der Waals surface area contributed by atoms with Crippen molar-refractivity contribution in [2.75, 3.05) is 6.54 Å². The number of benzene rings is 2. The van der Waals surface area contributed by atoms with Crippen LogP contribution in [0.25, 0.3) is 11.3 Å². The van der Waals surface area contributed by atoms with Crippen molar-refractivity contribution in [3.63, 3.8) is 0 Å². The van der Waals surface area contributed by atoms with E-state index in [1.165, 1.54) is 16.3 Å². The number of carbonyl (C=O) groups is 1. The molecular formula is C21H21N3O2. The Hall–Kier alpha value is -3.21. The fourth-order valence-electron chi connectivity index (χ4n) is 2.68.